The van der Waals surface area contributed by atoms with Crippen molar-refractivity contribution in [2.75, 3.05) is 4.90 Å². The third-order valence-corrected chi connectivity index (χ3v) is 12.1. The van der Waals surface area contributed by atoms with E-state index in [1.54, 1.807) is 0 Å². The Labute approximate surface area is 353 Å². The van der Waals surface area contributed by atoms with E-state index in [1.807, 2.05) is 18.2 Å². The Hall–Kier alpha value is -8.14. The highest BCUT2D eigenvalue weighted by Gasteiger charge is 2.20. The molecule has 61 heavy (non-hydrogen) atoms. The van der Waals surface area contributed by atoms with Crippen molar-refractivity contribution >= 4 is 71.7 Å². The Morgan fingerprint density at radius 2 is 0.738 bits per heavy atom. The van der Waals surface area contributed by atoms with Crippen LogP contribution in [0.5, 0.6) is 0 Å². The molecular formula is C58H37NO2. The molecule has 0 amide bonds. The number of rotatable bonds is 7. The third kappa shape index (κ3) is 5.90. The summed E-state index contributed by atoms with van der Waals surface area (Å²) in [4.78, 5) is 2.38. The largest absolute Gasteiger partial charge is 0.455 e. The minimum Gasteiger partial charge on any atom is -0.455 e. The molecule has 0 bridgehead atoms. The highest BCUT2D eigenvalue weighted by atomic mass is 16.3. The zero-order valence-corrected chi connectivity index (χ0v) is 33.1. The van der Waals surface area contributed by atoms with Crippen molar-refractivity contribution in [3.05, 3.63) is 224 Å². The van der Waals surface area contributed by atoms with Crippen molar-refractivity contribution < 1.29 is 8.83 Å². The summed E-state index contributed by atoms with van der Waals surface area (Å²) in [6.45, 7) is 0. The van der Waals surface area contributed by atoms with Gasteiger partial charge in [0.15, 0.2) is 0 Å². The highest BCUT2D eigenvalue weighted by Crippen LogP contribution is 2.44. The second kappa shape index (κ2) is 14.3. The SMILES string of the molecule is c1ccc(-c2ccc(N(c3ccc(-c4ccc5oc6c(-c7ccccc7)cccc6c5c4)cc3)c3ccc(-c4cccc5c4oc4ccccc45)cc3)c3ccccc23)cc1. The molecule has 0 radical (unpaired) electrons. The molecule has 286 valence electrons. The lowest BCUT2D eigenvalue weighted by Gasteiger charge is -2.28. The van der Waals surface area contributed by atoms with Crippen LogP contribution < -0.4 is 4.90 Å². The van der Waals surface area contributed by atoms with Crippen LogP contribution in [0.15, 0.2) is 233 Å². The predicted molar refractivity (Wildman–Crippen MR) is 255 cm³/mol. The van der Waals surface area contributed by atoms with Gasteiger partial charge < -0.3 is 13.7 Å². The smallest absolute Gasteiger partial charge is 0.143 e. The number of nitrogens with zero attached hydrogens (tertiary/aromatic N) is 1. The minimum absolute atomic E-state index is 0.885. The third-order valence-electron chi connectivity index (χ3n) is 12.1. The zero-order chi connectivity index (χ0) is 40.3. The van der Waals surface area contributed by atoms with Gasteiger partial charge in [-0.3, -0.25) is 0 Å². The maximum absolute atomic E-state index is 6.51. The zero-order valence-electron chi connectivity index (χ0n) is 33.1. The Bertz CT molecular complexity index is 3560. The molecule has 0 atom stereocenters. The van der Waals surface area contributed by atoms with Crippen LogP contribution in [0.2, 0.25) is 0 Å². The maximum Gasteiger partial charge on any atom is 0.143 e. The molecule has 0 saturated carbocycles. The summed E-state index contributed by atoms with van der Waals surface area (Å²) < 4.78 is 13.0. The topological polar surface area (TPSA) is 29.5 Å². The van der Waals surface area contributed by atoms with Crippen LogP contribution in [0, 0.1) is 0 Å². The van der Waals surface area contributed by atoms with E-state index in [0.29, 0.717) is 0 Å². The lowest BCUT2D eigenvalue weighted by Crippen LogP contribution is -2.10. The molecule has 0 saturated heterocycles. The molecule has 3 nitrogen and oxygen atoms in total. The van der Waals surface area contributed by atoms with E-state index < -0.39 is 0 Å². The first-order valence-electron chi connectivity index (χ1n) is 20.7. The molecule has 3 heteroatoms. The monoisotopic (exact) mass is 779 g/mol. The van der Waals surface area contributed by atoms with Gasteiger partial charge >= 0.3 is 0 Å². The van der Waals surface area contributed by atoms with E-state index in [4.69, 9.17) is 8.83 Å². The van der Waals surface area contributed by atoms with Crippen molar-refractivity contribution in [1.82, 2.24) is 0 Å². The molecule has 2 aromatic heterocycles. The van der Waals surface area contributed by atoms with Crippen LogP contribution in [0.3, 0.4) is 0 Å². The fourth-order valence-electron chi connectivity index (χ4n) is 9.17. The fourth-order valence-corrected chi connectivity index (χ4v) is 9.17. The van der Waals surface area contributed by atoms with Gasteiger partial charge in [-0.05, 0) is 87.3 Å². The predicted octanol–water partition coefficient (Wildman–Crippen LogP) is 16.8. The molecule has 12 rings (SSSR count). The quantitative estimate of drug-likeness (QED) is 0.161. The molecule has 0 aliphatic rings. The Morgan fingerprint density at radius 1 is 0.262 bits per heavy atom. The number of furan rings is 2. The van der Waals surface area contributed by atoms with E-state index in [-0.39, 0.29) is 0 Å². The van der Waals surface area contributed by atoms with Gasteiger partial charge in [0.1, 0.15) is 22.3 Å². The Balaban J connectivity index is 0.970. The van der Waals surface area contributed by atoms with Gasteiger partial charge in [-0.15, -0.1) is 0 Å². The molecule has 10 aromatic carbocycles. The average Bonchev–Trinajstić information content (AvgIpc) is 3.91. The number of hydrogen-bond acceptors (Lipinski definition) is 3. The van der Waals surface area contributed by atoms with Crippen LogP contribution in [-0.4, -0.2) is 0 Å². The van der Waals surface area contributed by atoms with E-state index in [9.17, 15) is 0 Å². The van der Waals surface area contributed by atoms with Crippen molar-refractivity contribution in [1.29, 1.82) is 0 Å². The van der Waals surface area contributed by atoms with Crippen LogP contribution >= 0.6 is 0 Å². The summed E-state index contributed by atoms with van der Waals surface area (Å²) >= 11 is 0. The van der Waals surface area contributed by atoms with E-state index >= 15 is 0 Å². The summed E-state index contributed by atoms with van der Waals surface area (Å²) in [5.74, 6) is 0. The molecule has 0 aliphatic heterocycles. The summed E-state index contributed by atoms with van der Waals surface area (Å²) in [5, 5.41) is 6.87. The molecular weight excluding hydrogens is 743 g/mol. The van der Waals surface area contributed by atoms with Crippen LogP contribution in [0.4, 0.5) is 17.1 Å². The van der Waals surface area contributed by atoms with Crippen LogP contribution in [0.25, 0.3) is 99.2 Å². The summed E-state index contributed by atoms with van der Waals surface area (Å²) in [6, 6.07) is 79.8. The Morgan fingerprint density at radius 3 is 1.39 bits per heavy atom. The highest BCUT2D eigenvalue weighted by molar-refractivity contribution is 6.12. The van der Waals surface area contributed by atoms with Crippen molar-refractivity contribution in [3.63, 3.8) is 0 Å². The van der Waals surface area contributed by atoms with Crippen LogP contribution in [-0.2, 0) is 0 Å². The first-order valence-corrected chi connectivity index (χ1v) is 20.7. The molecule has 0 spiro atoms. The number of para-hydroxylation sites is 3. The van der Waals surface area contributed by atoms with Gasteiger partial charge in [0.05, 0.1) is 5.69 Å². The molecule has 0 N–H and O–H groups in total. The van der Waals surface area contributed by atoms with Gasteiger partial charge in [-0.2, -0.15) is 0 Å². The van der Waals surface area contributed by atoms with E-state index in [1.165, 1.54) is 21.9 Å². The first kappa shape index (κ1) is 34.9. The second-order valence-corrected chi connectivity index (χ2v) is 15.6. The normalized spacial score (nSPS) is 11.6. The Kier molecular flexibility index (Phi) is 8.17. The molecule has 0 aliphatic carbocycles. The summed E-state index contributed by atoms with van der Waals surface area (Å²) in [6.07, 6.45) is 0. The molecule has 12 aromatic rings. The number of anilines is 3. The van der Waals surface area contributed by atoms with E-state index in [0.717, 1.165) is 94.3 Å². The number of hydrogen-bond donors (Lipinski definition) is 0. The maximum atomic E-state index is 6.51. The number of fused-ring (bicyclic) bond motifs is 7. The van der Waals surface area contributed by atoms with Crippen molar-refractivity contribution in [3.8, 4) is 44.5 Å². The van der Waals surface area contributed by atoms with E-state index in [2.05, 4.69) is 211 Å². The van der Waals surface area contributed by atoms with Gasteiger partial charge in [0.25, 0.3) is 0 Å². The minimum atomic E-state index is 0.885. The lowest BCUT2D eigenvalue weighted by atomic mass is 9.96. The summed E-state index contributed by atoms with van der Waals surface area (Å²) in [5.41, 5.74) is 16.0. The second-order valence-electron chi connectivity index (χ2n) is 15.6. The summed E-state index contributed by atoms with van der Waals surface area (Å²) in [7, 11) is 0. The van der Waals surface area contributed by atoms with Crippen LogP contribution in [0.1, 0.15) is 0 Å². The first-order chi connectivity index (χ1) is 30.2. The van der Waals surface area contributed by atoms with Gasteiger partial charge in [-0.1, -0.05) is 176 Å². The lowest BCUT2D eigenvalue weighted by molar-refractivity contribution is 0.669. The fraction of sp³-hybridized carbons (Fsp3) is 0. The molecule has 2 heterocycles. The van der Waals surface area contributed by atoms with Gasteiger partial charge in [0.2, 0.25) is 0 Å². The van der Waals surface area contributed by atoms with Crippen molar-refractivity contribution in [2.45, 2.75) is 0 Å². The molecule has 0 fully saturated rings. The number of benzene rings is 10. The average molecular weight is 780 g/mol. The molecule has 0 unspecified atom stereocenters. The van der Waals surface area contributed by atoms with Gasteiger partial charge in [0, 0.05) is 49.4 Å². The standard InChI is InChI=1S/C58H37NO2/c1-3-13-39(14-4-1)45-34-35-54(49-18-8-7-17-48(45)49)59(44-32-27-41(28-33-44)47-21-11-22-51-50-19-9-10-24-55(50)60-57(47)51)43-30-25-38(26-31-43)42-29-36-56-53(37-42)52-23-12-20-46(58(52)61-56)40-15-5-2-6-16-40/h1-37H. The van der Waals surface area contributed by atoms with Gasteiger partial charge in [-0.25, -0.2) is 0 Å². The van der Waals surface area contributed by atoms with Crippen molar-refractivity contribution in [2.24, 2.45) is 0 Å².